The maximum Gasteiger partial charge on any atom is 0.317 e. The molecule has 0 saturated carbocycles. The number of nitrogens with zero attached hydrogens (tertiary/aromatic N) is 2. The fraction of sp³-hybridized carbons (Fsp3) is 0.600. The Bertz CT molecular complexity index is 609. The average molecular weight is 377 g/mol. The van der Waals surface area contributed by atoms with Crippen molar-refractivity contribution >= 4 is 11.9 Å². The fourth-order valence-corrected chi connectivity index (χ4v) is 3.40. The molecule has 1 saturated heterocycles. The Morgan fingerprint density at radius 2 is 2.04 bits per heavy atom. The van der Waals surface area contributed by atoms with E-state index < -0.39 is 5.97 Å². The summed E-state index contributed by atoms with van der Waals surface area (Å²) in [5.74, 6) is -0.569. The standard InChI is InChI=1S/C20H31N3O4/c1-15(2)20(16-7-5-4-6-8-16)21-18(24)13-23-9-10-27-17(12-23)11-22(3)14-19(25)26/h4-8,15,17,20H,9-14H2,1-3H3,(H,21,24)(H,25,26). The summed E-state index contributed by atoms with van der Waals surface area (Å²) in [7, 11) is 1.76. The van der Waals surface area contributed by atoms with E-state index in [9.17, 15) is 9.59 Å². The number of amides is 1. The number of ether oxygens (including phenoxy) is 1. The van der Waals surface area contributed by atoms with E-state index in [0.29, 0.717) is 38.7 Å². The maximum absolute atomic E-state index is 12.6. The van der Waals surface area contributed by atoms with Gasteiger partial charge in [0.25, 0.3) is 0 Å². The smallest absolute Gasteiger partial charge is 0.317 e. The topological polar surface area (TPSA) is 82.1 Å². The van der Waals surface area contributed by atoms with E-state index in [4.69, 9.17) is 9.84 Å². The Morgan fingerprint density at radius 1 is 1.33 bits per heavy atom. The van der Waals surface area contributed by atoms with E-state index >= 15 is 0 Å². The first-order valence-electron chi connectivity index (χ1n) is 9.43. The van der Waals surface area contributed by atoms with Crippen LogP contribution in [0.25, 0.3) is 0 Å². The van der Waals surface area contributed by atoms with Gasteiger partial charge >= 0.3 is 5.97 Å². The minimum absolute atomic E-state index is 0.00269. The highest BCUT2D eigenvalue weighted by atomic mass is 16.5. The number of carboxylic acids is 1. The number of hydrogen-bond acceptors (Lipinski definition) is 5. The predicted octanol–water partition coefficient (Wildman–Crippen LogP) is 1.22. The predicted molar refractivity (Wildman–Crippen MR) is 103 cm³/mol. The Labute approximate surface area is 161 Å². The van der Waals surface area contributed by atoms with Crippen LogP contribution in [0.2, 0.25) is 0 Å². The van der Waals surface area contributed by atoms with Gasteiger partial charge < -0.3 is 15.2 Å². The van der Waals surface area contributed by atoms with Gasteiger partial charge in [-0.05, 0) is 18.5 Å². The van der Waals surface area contributed by atoms with Gasteiger partial charge in [-0.15, -0.1) is 0 Å². The normalized spacial score (nSPS) is 19.2. The molecular formula is C20H31N3O4. The first kappa shape index (κ1) is 21.3. The lowest BCUT2D eigenvalue weighted by molar-refractivity contribution is -0.138. The summed E-state index contributed by atoms with van der Waals surface area (Å²) in [6.07, 6.45) is -0.0917. The van der Waals surface area contributed by atoms with Crippen molar-refractivity contribution in [2.24, 2.45) is 5.92 Å². The summed E-state index contributed by atoms with van der Waals surface area (Å²) in [4.78, 5) is 27.2. The Hall–Kier alpha value is -1.96. The number of likely N-dealkylation sites (N-methyl/N-ethyl adjacent to an activating group) is 1. The molecule has 1 aliphatic rings. The molecule has 1 aromatic carbocycles. The van der Waals surface area contributed by atoms with Gasteiger partial charge in [0.2, 0.25) is 5.91 Å². The van der Waals surface area contributed by atoms with Crippen LogP contribution in [0.1, 0.15) is 25.5 Å². The monoisotopic (exact) mass is 377 g/mol. The Balaban J connectivity index is 1.86. The molecule has 0 spiro atoms. The third-order valence-corrected chi connectivity index (χ3v) is 4.65. The van der Waals surface area contributed by atoms with Crippen LogP contribution in [0.3, 0.4) is 0 Å². The van der Waals surface area contributed by atoms with Crippen LogP contribution in [0.5, 0.6) is 0 Å². The van der Waals surface area contributed by atoms with Crippen LogP contribution in [-0.4, -0.2) is 79.3 Å². The van der Waals surface area contributed by atoms with E-state index in [2.05, 4.69) is 24.1 Å². The van der Waals surface area contributed by atoms with Crippen LogP contribution in [0.15, 0.2) is 30.3 Å². The number of benzene rings is 1. The molecule has 0 aliphatic carbocycles. The molecule has 7 nitrogen and oxygen atoms in total. The average Bonchev–Trinajstić information content (AvgIpc) is 2.59. The van der Waals surface area contributed by atoms with Crippen molar-refractivity contribution in [3.63, 3.8) is 0 Å². The highest BCUT2D eigenvalue weighted by Gasteiger charge is 2.25. The first-order valence-corrected chi connectivity index (χ1v) is 9.43. The van der Waals surface area contributed by atoms with Crippen molar-refractivity contribution in [1.82, 2.24) is 15.1 Å². The summed E-state index contributed by atoms with van der Waals surface area (Å²) in [5, 5.41) is 12.0. The number of carboxylic acid groups (broad SMARTS) is 1. The minimum Gasteiger partial charge on any atom is -0.480 e. The highest BCUT2D eigenvalue weighted by Crippen LogP contribution is 2.21. The summed E-state index contributed by atoms with van der Waals surface area (Å²) < 4.78 is 5.72. The highest BCUT2D eigenvalue weighted by molar-refractivity contribution is 5.78. The van der Waals surface area contributed by atoms with Crippen LogP contribution < -0.4 is 5.32 Å². The molecule has 0 radical (unpaired) electrons. The summed E-state index contributed by atoms with van der Waals surface area (Å²) >= 11 is 0. The van der Waals surface area contributed by atoms with Gasteiger partial charge in [-0.3, -0.25) is 19.4 Å². The van der Waals surface area contributed by atoms with Gasteiger partial charge in [0.1, 0.15) is 0 Å². The lowest BCUT2D eigenvalue weighted by Gasteiger charge is -2.34. The number of morpholine rings is 1. The number of hydrogen-bond donors (Lipinski definition) is 2. The molecule has 0 aromatic heterocycles. The molecule has 150 valence electrons. The molecule has 1 aliphatic heterocycles. The number of nitrogens with one attached hydrogen (secondary N) is 1. The third-order valence-electron chi connectivity index (χ3n) is 4.65. The second-order valence-electron chi connectivity index (χ2n) is 7.52. The summed E-state index contributed by atoms with van der Waals surface area (Å²) in [5.41, 5.74) is 1.11. The second kappa shape index (κ2) is 10.4. The van der Waals surface area contributed by atoms with Gasteiger partial charge in [-0.2, -0.15) is 0 Å². The van der Waals surface area contributed by atoms with Gasteiger partial charge in [-0.1, -0.05) is 44.2 Å². The molecule has 0 bridgehead atoms. The lowest BCUT2D eigenvalue weighted by Crippen LogP contribution is -2.50. The minimum atomic E-state index is -0.856. The van der Waals surface area contributed by atoms with Gasteiger partial charge in [-0.25, -0.2) is 0 Å². The number of carbonyl (C=O) groups excluding carboxylic acids is 1. The molecule has 2 unspecified atom stereocenters. The lowest BCUT2D eigenvalue weighted by atomic mass is 9.96. The Kier molecular flexibility index (Phi) is 8.22. The third kappa shape index (κ3) is 7.28. The van der Waals surface area contributed by atoms with Crippen LogP contribution >= 0.6 is 0 Å². The van der Waals surface area contributed by atoms with Crippen molar-refractivity contribution < 1.29 is 19.4 Å². The quantitative estimate of drug-likeness (QED) is 0.673. The number of carbonyl (C=O) groups is 2. The van der Waals surface area contributed by atoms with Gasteiger partial charge in [0.05, 0.1) is 31.8 Å². The molecule has 1 aromatic rings. The zero-order valence-corrected chi connectivity index (χ0v) is 16.4. The molecule has 1 fully saturated rings. The van der Waals surface area contributed by atoms with Gasteiger partial charge in [0, 0.05) is 19.6 Å². The Morgan fingerprint density at radius 3 is 2.67 bits per heavy atom. The van der Waals surface area contributed by atoms with E-state index in [0.717, 1.165) is 5.56 Å². The fourth-order valence-electron chi connectivity index (χ4n) is 3.40. The second-order valence-corrected chi connectivity index (χ2v) is 7.52. The largest absolute Gasteiger partial charge is 0.480 e. The zero-order chi connectivity index (χ0) is 19.8. The van der Waals surface area contributed by atoms with E-state index in [1.165, 1.54) is 0 Å². The molecule has 2 rings (SSSR count). The number of rotatable bonds is 9. The summed E-state index contributed by atoms with van der Waals surface area (Å²) in [6.45, 7) is 6.89. The molecule has 27 heavy (non-hydrogen) atoms. The van der Waals surface area contributed by atoms with E-state index in [-0.39, 0.29) is 24.6 Å². The van der Waals surface area contributed by atoms with Gasteiger partial charge in [0.15, 0.2) is 0 Å². The first-order chi connectivity index (χ1) is 12.8. The van der Waals surface area contributed by atoms with E-state index in [1.807, 2.05) is 30.3 Å². The SMILES string of the molecule is CC(C)C(NC(=O)CN1CCOC(CN(C)CC(=O)O)C1)c1ccccc1. The molecular weight excluding hydrogens is 346 g/mol. The molecule has 2 atom stereocenters. The molecule has 1 heterocycles. The maximum atomic E-state index is 12.6. The van der Waals surface area contributed by atoms with Crippen molar-refractivity contribution in [3.05, 3.63) is 35.9 Å². The summed E-state index contributed by atoms with van der Waals surface area (Å²) in [6, 6.07) is 9.99. The molecule has 1 amide bonds. The van der Waals surface area contributed by atoms with Crippen molar-refractivity contribution in [2.45, 2.75) is 26.0 Å². The zero-order valence-electron chi connectivity index (χ0n) is 16.4. The molecule has 7 heteroatoms. The van der Waals surface area contributed by atoms with Crippen LogP contribution in [0.4, 0.5) is 0 Å². The van der Waals surface area contributed by atoms with Crippen molar-refractivity contribution in [2.75, 3.05) is 46.4 Å². The van der Waals surface area contributed by atoms with E-state index in [1.54, 1.807) is 11.9 Å². The van der Waals surface area contributed by atoms with Crippen molar-refractivity contribution in [3.8, 4) is 0 Å². The number of aliphatic carboxylic acids is 1. The molecule has 2 N–H and O–H groups in total. The van der Waals surface area contributed by atoms with Crippen LogP contribution in [0, 0.1) is 5.92 Å². The van der Waals surface area contributed by atoms with Crippen molar-refractivity contribution in [1.29, 1.82) is 0 Å². The van der Waals surface area contributed by atoms with Crippen LogP contribution in [-0.2, 0) is 14.3 Å².